The molecule has 1 aromatic heterocycles. The smallest absolute Gasteiger partial charge is 0.165 e. The van der Waals surface area contributed by atoms with Crippen molar-refractivity contribution >= 4 is 11.5 Å². The number of methoxy groups -OCH3 is 1. The van der Waals surface area contributed by atoms with Crippen LogP contribution in [0.15, 0.2) is 42.6 Å². The second-order valence-corrected chi connectivity index (χ2v) is 5.41. The lowest BCUT2D eigenvalue weighted by atomic mass is 10.0. The summed E-state index contributed by atoms with van der Waals surface area (Å²) in [4.78, 5) is 6.37. The molecule has 22 heavy (non-hydrogen) atoms. The molecule has 1 fully saturated rings. The number of para-hydroxylation sites is 2. The minimum Gasteiger partial charge on any atom is -0.495 e. The van der Waals surface area contributed by atoms with Crippen LogP contribution in [-0.2, 0) is 0 Å². The zero-order valence-corrected chi connectivity index (χ0v) is 12.6. The van der Waals surface area contributed by atoms with Crippen LogP contribution in [0.4, 0.5) is 15.9 Å². The van der Waals surface area contributed by atoms with Gasteiger partial charge in [0, 0.05) is 25.3 Å². The molecule has 1 saturated heterocycles. The second kappa shape index (κ2) is 6.64. The molecule has 1 aromatic carbocycles. The summed E-state index contributed by atoms with van der Waals surface area (Å²) in [6.45, 7) is 1.82. The monoisotopic (exact) mass is 301 g/mol. The van der Waals surface area contributed by atoms with Crippen molar-refractivity contribution in [2.24, 2.45) is 0 Å². The maximum Gasteiger partial charge on any atom is 0.165 e. The van der Waals surface area contributed by atoms with Crippen LogP contribution in [0.1, 0.15) is 12.8 Å². The van der Waals surface area contributed by atoms with Crippen LogP contribution in [0, 0.1) is 5.82 Å². The Kier molecular flexibility index (Phi) is 4.42. The Morgan fingerprint density at radius 2 is 1.95 bits per heavy atom. The summed E-state index contributed by atoms with van der Waals surface area (Å²) in [7, 11) is 1.69. The Morgan fingerprint density at radius 1 is 1.18 bits per heavy atom. The Labute approximate surface area is 129 Å². The molecule has 0 amide bonds. The van der Waals surface area contributed by atoms with Crippen molar-refractivity contribution in [3.63, 3.8) is 0 Å². The molecule has 0 spiro atoms. The van der Waals surface area contributed by atoms with E-state index in [-0.39, 0.29) is 11.9 Å². The number of nitrogens with zero attached hydrogens (tertiary/aromatic N) is 2. The summed E-state index contributed by atoms with van der Waals surface area (Å²) in [5.74, 6) is 0.942. The SMILES string of the molecule is COc1ccccc1N1CCC(Nc2ncccc2F)CC1. The molecule has 3 rings (SSSR count). The van der Waals surface area contributed by atoms with Gasteiger partial charge in [-0.05, 0) is 37.1 Å². The van der Waals surface area contributed by atoms with Crippen molar-refractivity contribution < 1.29 is 9.13 Å². The van der Waals surface area contributed by atoms with Crippen LogP contribution < -0.4 is 15.0 Å². The number of benzene rings is 1. The van der Waals surface area contributed by atoms with E-state index >= 15 is 0 Å². The van der Waals surface area contributed by atoms with E-state index in [4.69, 9.17) is 4.74 Å². The average molecular weight is 301 g/mol. The first-order valence-electron chi connectivity index (χ1n) is 7.53. The number of rotatable bonds is 4. The predicted molar refractivity (Wildman–Crippen MR) is 86.0 cm³/mol. The van der Waals surface area contributed by atoms with Gasteiger partial charge in [0.05, 0.1) is 12.8 Å². The van der Waals surface area contributed by atoms with Crippen molar-refractivity contribution in [1.29, 1.82) is 0 Å². The summed E-state index contributed by atoms with van der Waals surface area (Å²) in [6, 6.07) is 11.3. The molecular formula is C17H20FN3O. The normalized spacial score (nSPS) is 15.6. The number of hydrogen-bond acceptors (Lipinski definition) is 4. The molecule has 4 nitrogen and oxygen atoms in total. The third-order valence-electron chi connectivity index (χ3n) is 4.02. The highest BCUT2D eigenvalue weighted by atomic mass is 19.1. The molecule has 5 heteroatoms. The Bertz CT molecular complexity index is 627. The van der Waals surface area contributed by atoms with E-state index in [2.05, 4.69) is 21.3 Å². The number of nitrogens with one attached hydrogen (secondary N) is 1. The maximum atomic E-state index is 13.6. The Balaban J connectivity index is 1.62. The van der Waals surface area contributed by atoms with Crippen molar-refractivity contribution in [2.45, 2.75) is 18.9 Å². The fraction of sp³-hybridized carbons (Fsp3) is 0.353. The lowest BCUT2D eigenvalue weighted by Gasteiger charge is -2.34. The summed E-state index contributed by atoms with van der Waals surface area (Å²) < 4.78 is 19.1. The molecule has 0 radical (unpaired) electrons. The summed E-state index contributed by atoms with van der Waals surface area (Å²) in [5, 5.41) is 3.21. The van der Waals surface area contributed by atoms with Crippen molar-refractivity contribution in [1.82, 2.24) is 4.98 Å². The molecule has 2 aromatic rings. The van der Waals surface area contributed by atoms with Crippen LogP contribution in [0.5, 0.6) is 5.75 Å². The molecule has 0 atom stereocenters. The van der Waals surface area contributed by atoms with Gasteiger partial charge >= 0.3 is 0 Å². The van der Waals surface area contributed by atoms with E-state index in [1.54, 1.807) is 19.4 Å². The fourth-order valence-corrected chi connectivity index (χ4v) is 2.84. The van der Waals surface area contributed by atoms with E-state index in [0.717, 1.165) is 37.4 Å². The molecule has 1 aliphatic heterocycles. The number of aromatic nitrogens is 1. The highest BCUT2D eigenvalue weighted by Gasteiger charge is 2.22. The first-order valence-corrected chi connectivity index (χ1v) is 7.53. The molecule has 0 bridgehead atoms. The van der Waals surface area contributed by atoms with Crippen LogP contribution >= 0.6 is 0 Å². The van der Waals surface area contributed by atoms with Crippen molar-refractivity contribution in [3.05, 3.63) is 48.4 Å². The molecule has 116 valence electrons. The summed E-state index contributed by atoms with van der Waals surface area (Å²) in [6.07, 6.45) is 3.48. The van der Waals surface area contributed by atoms with Gasteiger partial charge in [0.2, 0.25) is 0 Å². The minimum atomic E-state index is -0.297. The molecule has 2 heterocycles. The van der Waals surface area contributed by atoms with E-state index < -0.39 is 0 Å². The van der Waals surface area contributed by atoms with Crippen molar-refractivity contribution in [2.75, 3.05) is 30.4 Å². The quantitative estimate of drug-likeness (QED) is 0.940. The topological polar surface area (TPSA) is 37.4 Å². The number of ether oxygens (including phenoxy) is 1. The Morgan fingerprint density at radius 3 is 2.68 bits per heavy atom. The van der Waals surface area contributed by atoms with Gasteiger partial charge in [0.25, 0.3) is 0 Å². The van der Waals surface area contributed by atoms with Gasteiger partial charge in [-0.15, -0.1) is 0 Å². The standard InChI is InChI=1S/C17H20FN3O/c1-22-16-7-3-2-6-15(16)21-11-8-13(9-12-21)20-17-14(18)5-4-10-19-17/h2-7,10,13H,8-9,11-12H2,1H3,(H,19,20). The van der Waals surface area contributed by atoms with Gasteiger partial charge < -0.3 is 15.0 Å². The van der Waals surface area contributed by atoms with Crippen LogP contribution in [-0.4, -0.2) is 31.2 Å². The third-order valence-corrected chi connectivity index (χ3v) is 4.02. The number of anilines is 2. The zero-order chi connectivity index (χ0) is 15.4. The van der Waals surface area contributed by atoms with E-state index in [0.29, 0.717) is 5.82 Å². The highest BCUT2D eigenvalue weighted by Crippen LogP contribution is 2.30. The van der Waals surface area contributed by atoms with Gasteiger partial charge in [0.15, 0.2) is 11.6 Å². The van der Waals surface area contributed by atoms with Gasteiger partial charge in [0.1, 0.15) is 5.75 Å². The summed E-state index contributed by atoms with van der Waals surface area (Å²) >= 11 is 0. The first kappa shape index (κ1) is 14.6. The van der Waals surface area contributed by atoms with Gasteiger partial charge in [-0.25, -0.2) is 9.37 Å². The molecule has 0 aliphatic carbocycles. The molecule has 1 aliphatic rings. The zero-order valence-electron chi connectivity index (χ0n) is 12.6. The molecule has 0 unspecified atom stereocenters. The second-order valence-electron chi connectivity index (χ2n) is 5.41. The largest absolute Gasteiger partial charge is 0.495 e. The van der Waals surface area contributed by atoms with Crippen LogP contribution in [0.25, 0.3) is 0 Å². The number of halogens is 1. The fourth-order valence-electron chi connectivity index (χ4n) is 2.84. The lowest BCUT2D eigenvalue weighted by molar-refractivity contribution is 0.411. The van der Waals surface area contributed by atoms with E-state index in [1.807, 2.05) is 18.2 Å². The minimum absolute atomic E-state index is 0.246. The first-order chi connectivity index (χ1) is 10.8. The Hall–Kier alpha value is -2.30. The van der Waals surface area contributed by atoms with E-state index in [1.165, 1.54) is 6.07 Å². The van der Waals surface area contributed by atoms with Crippen molar-refractivity contribution in [3.8, 4) is 5.75 Å². The van der Waals surface area contributed by atoms with E-state index in [9.17, 15) is 4.39 Å². The van der Waals surface area contributed by atoms with Gasteiger partial charge in [-0.1, -0.05) is 12.1 Å². The van der Waals surface area contributed by atoms with Crippen LogP contribution in [0.2, 0.25) is 0 Å². The number of piperidine rings is 1. The maximum absolute atomic E-state index is 13.6. The number of pyridine rings is 1. The average Bonchev–Trinajstić information content (AvgIpc) is 2.58. The molecule has 0 saturated carbocycles. The summed E-state index contributed by atoms with van der Waals surface area (Å²) in [5.41, 5.74) is 1.12. The predicted octanol–water partition coefficient (Wildman–Crippen LogP) is 3.31. The van der Waals surface area contributed by atoms with Gasteiger partial charge in [-0.2, -0.15) is 0 Å². The third kappa shape index (κ3) is 3.13. The molecule has 1 N–H and O–H groups in total. The van der Waals surface area contributed by atoms with Crippen LogP contribution in [0.3, 0.4) is 0 Å². The molecular weight excluding hydrogens is 281 g/mol. The highest BCUT2D eigenvalue weighted by molar-refractivity contribution is 5.58. The van der Waals surface area contributed by atoms with Gasteiger partial charge in [-0.3, -0.25) is 0 Å². The lowest BCUT2D eigenvalue weighted by Crippen LogP contribution is -2.39. The number of hydrogen-bond donors (Lipinski definition) is 1.